The minimum atomic E-state index is -0.0389. The summed E-state index contributed by atoms with van der Waals surface area (Å²) in [5, 5.41) is 3.09. The predicted molar refractivity (Wildman–Crippen MR) is 81.2 cm³/mol. The Balaban J connectivity index is 1.94. The summed E-state index contributed by atoms with van der Waals surface area (Å²) in [6.07, 6.45) is 2.03. The number of hydrogen-bond acceptors (Lipinski definition) is 3. The van der Waals surface area contributed by atoms with E-state index in [4.69, 9.17) is 5.73 Å². The molecular weight excluding hydrogens is 306 g/mol. The normalized spacial score (nSPS) is 17.4. The van der Waals surface area contributed by atoms with Crippen molar-refractivity contribution in [2.45, 2.75) is 25.8 Å². The van der Waals surface area contributed by atoms with E-state index >= 15 is 0 Å². The molecule has 0 bridgehead atoms. The molecule has 1 aliphatic heterocycles. The first-order chi connectivity index (χ1) is 9.08. The monoisotopic (exact) mass is 325 g/mol. The molecule has 5 heteroatoms. The fourth-order valence-corrected chi connectivity index (χ4v) is 2.92. The zero-order valence-electron chi connectivity index (χ0n) is 11.2. The largest absolute Gasteiger partial charge is 0.399 e. The number of amides is 1. The van der Waals surface area contributed by atoms with Crippen molar-refractivity contribution in [3.8, 4) is 0 Å². The van der Waals surface area contributed by atoms with Crippen LogP contribution < -0.4 is 11.1 Å². The van der Waals surface area contributed by atoms with Crippen molar-refractivity contribution in [1.82, 2.24) is 10.2 Å². The van der Waals surface area contributed by atoms with Crippen molar-refractivity contribution in [3.05, 3.63) is 28.2 Å². The highest BCUT2D eigenvalue weighted by molar-refractivity contribution is 9.10. The van der Waals surface area contributed by atoms with Gasteiger partial charge in [0.2, 0.25) is 0 Å². The summed E-state index contributed by atoms with van der Waals surface area (Å²) >= 11 is 3.36. The molecule has 1 heterocycles. The van der Waals surface area contributed by atoms with Gasteiger partial charge in [-0.05, 0) is 37.6 Å². The quantitative estimate of drug-likeness (QED) is 0.838. The number of nitrogen functional groups attached to an aromatic ring is 1. The van der Waals surface area contributed by atoms with Crippen LogP contribution >= 0.6 is 15.9 Å². The molecule has 0 spiro atoms. The summed E-state index contributed by atoms with van der Waals surface area (Å²) in [6, 6.07) is 5.57. The molecule has 1 amide bonds. The van der Waals surface area contributed by atoms with Crippen LogP contribution in [0.4, 0.5) is 5.69 Å². The SMILES string of the molecule is CCN1CCC(NC(=O)c2cc(N)cc(Br)c2)CC1. The molecule has 2 rings (SSSR count). The van der Waals surface area contributed by atoms with E-state index < -0.39 is 0 Å². The van der Waals surface area contributed by atoms with Crippen molar-refractivity contribution in [1.29, 1.82) is 0 Å². The van der Waals surface area contributed by atoms with Crippen molar-refractivity contribution in [2.24, 2.45) is 0 Å². The van der Waals surface area contributed by atoms with Crippen molar-refractivity contribution in [2.75, 3.05) is 25.4 Å². The van der Waals surface area contributed by atoms with Gasteiger partial charge in [0, 0.05) is 34.9 Å². The second kappa shape index (κ2) is 6.39. The lowest BCUT2D eigenvalue weighted by Crippen LogP contribution is -2.44. The number of nitrogens with one attached hydrogen (secondary N) is 1. The zero-order valence-corrected chi connectivity index (χ0v) is 12.7. The number of hydrogen-bond donors (Lipinski definition) is 2. The molecule has 1 aromatic carbocycles. The van der Waals surface area contributed by atoms with Crippen LogP contribution in [-0.2, 0) is 0 Å². The maximum Gasteiger partial charge on any atom is 0.251 e. The number of likely N-dealkylation sites (tertiary alicyclic amines) is 1. The number of benzene rings is 1. The van der Waals surface area contributed by atoms with E-state index in [1.54, 1.807) is 18.2 Å². The molecule has 0 radical (unpaired) electrons. The maximum absolute atomic E-state index is 12.2. The van der Waals surface area contributed by atoms with E-state index in [1.165, 1.54) is 0 Å². The molecule has 1 fully saturated rings. The Bertz CT molecular complexity index is 436. The summed E-state index contributed by atoms with van der Waals surface area (Å²) in [6.45, 7) is 5.37. The lowest BCUT2D eigenvalue weighted by Gasteiger charge is -2.31. The van der Waals surface area contributed by atoms with E-state index in [-0.39, 0.29) is 11.9 Å². The Morgan fingerprint density at radius 2 is 2.11 bits per heavy atom. The number of piperidine rings is 1. The smallest absolute Gasteiger partial charge is 0.251 e. The molecule has 0 atom stereocenters. The van der Waals surface area contributed by atoms with Crippen LogP contribution in [0.25, 0.3) is 0 Å². The third-order valence-electron chi connectivity index (χ3n) is 3.55. The number of carbonyl (C=O) groups excluding carboxylic acids is 1. The van der Waals surface area contributed by atoms with Crippen LogP contribution in [0.2, 0.25) is 0 Å². The molecule has 0 aliphatic carbocycles. The second-order valence-electron chi connectivity index (χ2n) is 4.96. The molecule has 4 nitrogen and oxygen atoms in total. The molecule has 0 unspecified atom stereocenters. The van der Waals surface area contributed by atoms with E-state index in [1.807, 2.05) is 0 Å². The van der Waals surface area contributed by atoms with Gasteiger partial charge >= 0.3 is 0 Å². The Morgan fingerprint density at radius 1 is 1.42 bits per heavy atom. The van der Waals surface area contributed by atoms with E-state index in [0.717, 1.165) is 36.9 Å². The maximum atomic E-state index is 12.2. The third kappa shape index (κ3) is 3.94. The number of nitrogens with two attached hydrogens (primary N) is 1. The Kier molecular flexibility index (Phi) is 4.82. The van der Waals surface area contributed by atoms with Crippen molar-refractivity contribution >= 4 is 27.5 Å². The van der Waals surface area contributed by atoms with E-state index in [9.17, 15) is 4.79 Å². The topological polar surface area (TPSA) is 58.4 Å². The fourth-order valence-electron chi connectivity index (χ4n) is 2.41. The molecule has 0 saturated carbocycles. The van der Waals surface area contributed by atoms with Crippen LogP contribution in [0.3, 0.4) is 0 Å². The first-order valence-corrected chi connectivity index (χ1v) is 7.47. The number of carbonyl (C=O) groups is 1. The minimum absolute atomic E-state index is 0.0389. The minimum Gasteiger partial charge on any atom is -0.399 e. The van der Waals surface area contributed by atoms with E-state index in [2.05, 4.69) is 33.1 Å². The van der Waals surface area contributed by atoms with Gasteiger partial charge in [-0.25, -0.2) is 0 Å². The zero-order chi connectivity index (χ0) is 13.8. The summed E-state index contributed by atoms with van der Waals surface area (Å²) in [5.74, 6) is -0.0389. The van der Waals surface area contributed by atoms with Crippen LogP contribution in [0.5, 0.6) is 0 Å². The van der Waals surface area contributed by atoms with Gasteiger partial charge in [0.25, 0.3) is 5.91 Å². The van der Waals surface area contributed by atoms with E-state index in [0.29, 0.717) is 11.3 Å². The Hall–Kier alpha value is -1.07. The number of halogens is 1. The third-order valence-corrected chi connectivity index (χ3v) is 4.01. The number of anilines is 1. The van der Waals surface area contributed by atoms with Crippen LogP contribution in [0, 0.1) is 0 Å². The number of rotatable bonds is 3. The molecule has 104 valence electrons. The highest BCUT2D eigenvalue weighted by Gasteiger charge is 2.20. The summed E-state index contributed by atoms with van der Waals surface area (Å²) in [7, 11) is 0. The second-order valence-corrected chi connectivity index (χ2v) is 5.87. The number of nitrogens with zero attached hydrogens (tertiary/aromatic N) is 1. The molecule has 0 aromatic heterocycles. The molecular formula is C14H20BrN3O. The van der Waals surface area contributed by atoms with Gasteiger partial charge in [-0.15, -0.1) is 0 Å². The van der Waals surface area contributed by atoms with Crippen molar-refractivity contribution < 1.29 is 4.79 Å². The molecule has 3 N–H and O–H groups in total. The fraction of sp³-hybridized carbons (Fsp3) is 0.500. The lowest BCUT2D eigenvalue weighted by molar-refractivity contribution is 0.0912. The highest BCUT2D eigenvalue weighted by atomic mass is 79.9. The standard InChI is InChI=1S/C14H20BrN3O/c1-2-18-5-3-13(4-6-18)17-14(19)10-7-11(15)9-12(16)8-10/h7-9,13H,2-6,16H2,1H3,(H,17,19). The summed E-state index contributed by atoms with van der Waals surface area (Å²) in [5.41, 5.74) is 6.96. The van der Waals surface area contributed by atoms with Crippen LogP contribution in [0.1, 0.15) is 30.1 Å². The van der Waals surface area contributed by atoms with Gasteiger partial charge in [-0.2, -0.15) is 0 Å². The molecule has 19 heavy (non-hydrogen) atoms. The molecule has 1 aliphatic rings. The van der Waals surface area contributed by atoms with Gasteiger partial charge in [0.15, 0.2) is 0 Å². The lowest BCUT2D eigenvalue weighted by atomic mass is 10.0. The summed E-state index contributed by atoms with van der Waals surface area (Å²) < 4.78 is 0.832. The molecule has 1 aromatic rings. The first kappa shape index (κ1) is 14.3. The van der Waals surface area contributed by atoms with Gasteiger partial charge in [0.05, 0.1) is 0 Å². The average molecular weight is 326 g/mol. The highest BCUT2D eigenvalue weighted by Crippen LogP contribution is 2.18. The van der Waals surface area contributed by atoms with Crippen LogP contribution in [0.15, 0.2) is 22.7 Å². The Morgan fingerprint density at radius 3 is 2.68 bits per heavy atom. The average Bonchev–Trinajstić information content (AvgIpc) is 2.38. The van der Waals surface area contributed by atoms with Gasteiger partial charge in [-0.3, -0.25) is 4.79 Å². The van der Waals surface area contributed by atoms with Crippen LogP contribution in [-0.4, -0.2) is 36.5 Å². The molecule has 1 saturated heterocycles. The first-order valence-electron chi connectivity index (χ1n) is 6.67. The van der Waals surface area contributed by atoms with Crippen molar-refractivity contribution in [3.63, 3.8) is 0 Å². The van der Waals surface area contributed by atoms with Gasteiger partial charge < -0.3 is 16.0 Å². The predicted octanol–water partition coefficient (Wildman–Crippen LogP) is 2.25. The van der Waals surface area contributed by atoms with Gasteiger partial charge in [0.1, 0.15) is 0 Å². The summed E-state index contributed by atoms with van der Waals surface area (Å²) in [4.78, 5) is 14.6. The van der Waals surface area contributed by atoms with Gasteiger partial charge in [-0.1, -0.05) is 22.9 Å². The Labute approximate surface area is 122 Å².